The van der Waals surface area contributed by atoms with Gasteiger partial charge in [0.2, 0.25) is 5.91 Å². The Labute approximate surface area is 235 Å². The number of benzene rings is 3. The van der Waals surface area contributed by atoms with Gasteiger partial charge in [0.1, 0.15) is 17.6 Å². The number of amides is 2. The average molecular weight is 551 g/mol. The van der Waals surface area contributed by atoms with Gasteiger partial charge in [0.05, 0.1) is 0 Å². The lowest BCUT2D eigenvalue weighted by Gasteiger charge is -2.33. The summed E-state index contributed by atoms with van der Waals surface area (Å²) >= 11 is 6.30. The Morgan fingerprint density at radius 3 is 2.26 bits per heavy atom. The van der Waals surface area contributed by atoms with Crippen molar-refractivity contribution in [2.45, 2.75) is 71.0 Å². The molecular formula is C32H36ClFN2O3. The summed E-state index contributed by atoms with van der Waals surface area (Å²) in [4.78, 5) is 29.1. The van der Waals surface area contributed by atoms with Gasteiger partial charge in [-0.05, 0) is 73.2 Å². The molecule has 0 radical (unpaired) electrons. The molecular weight excluding hydrogens is 515 g/mol. The van der Waals surface area contributed by atoms with Crippen molar-refractivity contribution >= 4 is 23.4 Å². The van der Waals surface area contributed by atoms with Crippen LogP contribution in [0.25, 0.3) is 0 Å². The minimum absolute atomic E-state index is 0.101. The fraction of sp³-hybridized carbons (Fsp3) is 0.375. The first-order valence-corrected chi connectivity index (χ1v) is 14.0. The first kappa shape index (κ1) is 28.6. The lowest BCUT2D eigenvalue weighted by atomic mass is 9.94. The standard InChI is InChI=1S/C32H36ClFN2O3/c1-22-17-28(18-23(2)31(22)33)39-21-30(37)36(20-25-13-15-26(34)16-14-25)29(19-24-9-5-3-6-10-24)32(38)35-27-11-7-4-8-12-27/h3,5-6,9-10,13-18,27,29H,4,7-8,11-12,19-21H2,1-2H3,(H,35,38). The molecule has 206 valence electrons. The Morgan fingerprint density at radius 1 is 0.974 bits per heavy atom. The third kappa shape index (κ3) is 8.06. The minimum Gasteiger partial charge on any atom is -0.484 e. The highest BCUT2D eigenvalue weighted by atomic mass is 35.5. The maximum Gasteiger partial charge on any atom is 0.261 e. The second kappa shape index (κ2) is 13.6. The summed E-state index contributed by atoms with van der Waals surface area (Å²) in [5.74, 6) is -0.330. The zero-order valence-electron chi connectivity index (χ0n) is 22.6. The Morgan fingerprint density at radius 2 is 1.62 bits per heavy atom. The van der Waals surface area contributed by atoms with E-state index in [1.807, 2.05) is 44.2 Å². The van der Waals surface area contributed by atoms with Gasteiger partial charge in [-0.25, -0.2) is 4.39 Å². The van der Waals surface area contributed by atoms with Crippen molar-refractivity contribution in [1.82, 2.24) is 10.2 Å². The number of carbonyl (C=O) groups excluding carboxylic acids is 2. The Kier molecular flexibility index (Phi) is 9.99. The zero-order chi connectivity index (χ0) is 27.8. The lowest BCUT2D eigenvalue weighted by molar-refractivity contribution is -0.143. The number of aryl methyl sites for hydroxylation is 2. The van der Waals surface area contributed by atoms with Crippen LogP contribution in [0.2, 0.25) is 5.02 Å². The number of halogens is 2. The predicted molar refractivity (Wildman–Crippen MR) is 152 cm³/mol. The lowest BCUT2D eigenvalue weighted by Crippen LogP contribution is -2.53. The van der Waals surface area contributed by atoms with Crippen molar-refractivity contribution in [2.24, 2.45) is 0 Å². The monoisotopic (exact) mass is 550 g/mol. The van der Waals surface area contributed by atoms with Gasteiger partial charge >= 0.3 is 0 Å². The SMILES string of the molecule is Cc1cc(OCC(=O)N(Cc2ccc(F)cc2)C(Cc2ccccc2)C(=O)NC2CCCCC2)cc(C)c1Cl. The van der Waals surface area contributed by atoms with E-state index >= 15 is 0 Å². The molecule has 0 aromatic heterocycles. The Balaban J connectivity index is 1.61. The third-order valence-electron chi connectivity index (χ3n) is 7.26. The van der Waals surface area contributed by atoms with Crippen LogP contribution in [-0.4, -0.2) is 35.4 Å². The van der Waals surface area contributed by atoms with Crippen LogP contribution in [0.15, 0.2) is 66.7 Å². The number of hydrogen-bond donors (Lipinski definition) is 1. The van der Waals surface area contributed by atoms with Crippen molar-refractivity contribution < 1.29 is 18.7 Å². The highest BCUT2D eigenvalue weighted by Crippen LogP contribution is 2.26. The van der Waals surface area contributed by atoms with Crippen LogP contribution < -0.4 is 10.1 Å². The fourth-order valence-electron chi connectivity index (χ4n) is 5.10. The number of nitrogens with zero attached hydrogens (tertiary/aromatic N) is 1. The van der Waals surface area contributed by atoms with Gasteiger partial charge in [0.25, 0.3) is 5.91 Å². The molecule has 5 nitrogen and oxygen atoms in total. The molecule has 1 aliphatic rings. The molecule has 0 heterocycles. The molecule has 1 N–H and O–H groups in total. The van der Waals surface area contributed by atoms with E-state index in [9.17, 15) is 14.0 Å². The summed E-state index contributed by atoms with van der Waals surface area (Å²) in [6.07, 6.45) is 5.57. The van der Waals surface area contributed by atoms with E-state index < -0.39 is 6.04 Å². The predicted octanol–water partition coefficient (Wildman–Crippen LogP) is 6.56. The molecule has 0 aliphatic heterocycles. The number of nitrogens with one attached hydrogen (secondary N) is 1. The van der Waals surface area contributed by atoms with Crippen LogP contribution in [0.4, 0.5) is 4.39 Å². The molecule has 7 heteroatoms. The molecule has 3 aromatic rings. The largest absolute Gasteiger partial charge is 0.484 e. The first-order chi connectivity index (χ1) is 18.8. The highest BCUT2D eigenvalue weighted by Gasteiger charge is 2.32. The Hall–Kier alpha value is -3.38. The summed E-state index contributed by atoms with van der Waals surface area (Å²) in [5, 5.41) is 3.88. The third-order valence-corrected chi connectivity index (χ3v) is 7.86. The fourth-order valence-corrected chi connectivity index (χ4v) is 5.21. The second-order valence-corrected chi connectivity index (χ2v) is 10.7. The van der Waals surface area contributed by atoms with E-state index in [1.165, 1.54) is 18.6 Å². The smallest absolute Gasteiger partial charge is 0.261 e. The molecule has 1 saturated carbocycles. The van der Waals surface area contributed by atoms with Crippen LogP contribution in [0.5, 0.6) is 5.75 Å². The molecule has 1 unspecified atom stereocenters. The zero-order valence-corrected chi connectivity index (χ0v) is 23.3. The maximum absolute atomic E-state index is 13.8. The van der Waals surface area contributed by atoms with Gasteiger partial charge in [0.15, 0.2) is 6.61 Å². The summed E-state index contributed by atoms with van der Waals surface area (Å²) in [5.41, 5.74) is 3.39. The van der Waals surface area contributed by atoms with Crippen LogP contribution in [0, 0.1) is 19.7 Å². The van der Waals surface area contributed by atoms with E-state index in [-0.39, 0.29) is 36.8 Å². The van der Waals surface area contributed by atoms with Gasteiger partial charge in [-0.1, -0.05) is 73.3 Å². The molecule has 1 atom stereocenters. The van der Waals surface area contributed by atoms with Gasteiger partial charge < -0.3 is 15.0 Å². The first-order valence-electron chi connectivity index (χ1n) is 13.6. The summed E-state index contributed by atoms with van der Waals surface area (Å²) in [6, 6.07) is 18.6. The van der Waals surface area contributed by atoms with Crippen molar-refractivity contribution in [1.29, 1.82) is 0 Å². The molecule has 4 rings (SSSR count). The van der Waals surface area contributed by atoms with E-state index in [1.54, 1.807) is 29.2 Å². The van der Waals surface area contributed by atoms with Crippen LogP contribution in [0.3, 0.4) is 0 Å². The molecule has 0 spiro atoms. The van der Waals surface area contributed by atoms with E-state index in [0.29, 0.717) is 17.2 Å². The molecule has 1 aliphatic carbocycles. The average Bonchev–Trinajstić information content (AvgIpc) is 2.94. The molecule has 0 saturated heterocycles. The van der Waals surface area contributed by atoms with Gasteiger partial charge in [0, 0.05) is 24.0 Å². The molecule has 3 aromatic carbocycles. The van der Waals surface area contributed by atoms with Crippen LogP contribution >= 0.6 is 11.6 Å². The van der Waals surface area contributed by atoms with E-state index in [2.05, 4.69) is 5.32 Å². The van der Waals surface area contributed by atoms with Gasteiger partial charge in [-0.3, -0.25) is 9.59 Å². The molecule has 2 amide bonds. The molecule has 1 fully saturated rings. The maximum atomic E-state index is 13.8. The van der Waals surface area contributed by atoms with Crippen molar-refractivity contribution in [3.8, 4) is 5.75 Å². The van der Waals surface area contributed by atoms with Crippen molar-refractivity contribution in [2.75, 3.05) is 6.61 Å². The van der Waals surface area contributed by atoms with E-state index in [4.69, 9.17) is 16.3 Å². The van der Waals surface area contributed by atoms with Gasteiger partial charge in [-0.2, -0.15) is 0 Å². The quantitative estimate of drug-likeness (QED) is 0.311. The topological polar surface area (TPSA) is 58.6 Å². The second-order valence-electron chi connectivity index (χ2n) is 10.4. The number of carbonyl (C=O) groups is 2. The summed E-state index contributed by atoms with van der Waals surface area (Å²) < 4.78 is 19.6. The summed E-state index contributed by atoms with van der Waals surface area (Å²) in [7, 11) is 0. The van der Waals surface area contributed by atoms with Gasteiger partial charge in [-0.15, -0.1) is 0 Å². The summed E-state index contributed by atoms with van der Waals surface area (Å²) in [6.45, 7) is 3.67. The van der Waals surface area contributed by atoms with Crippen molar-refractivity contribution in [3.05, 3.63) is 99.8 Å². The number of ether oxygens (including phenoxy) is 1. The Bertz CT molecular complexity index is 1240. The molecule has 39 heavy (non-hydrogen) atoms. The minimum atomic E-state index is -0.760. The number of hydrogen-bond acceptors (Lipinski definition) is 3. The van der Waals surface area contributed by atoms with Crippen LogP contribution in [-0.2, 0) is 22.6 Å². The normalized spacial score (nSPS) is 14.5. The molecule has 0 bridgehead atoms. The highest BCUT2D eigenvalue weighted by molar-refractivity contribution is 6.32. The number of rotatable bonds is 10. The van der Waals surface area contributed by atoms with Crippen molar-refractivity contribution in [3.63, 3.8) is 0 Å². The van der Waals surface area contributed by atoms with E-state index in [0.717, 1.165) is 47.9 Å². The van der Waals surface area contributed by atoms with Crippen LogP contribution in [0.1, 0.15) is 54.4 Å².